The van der Waals surface area contributed by atoms with Crippen molar-refractivity contribution in [2.24, 2.45) is 10.4 Å². The van der Waals surface area contributed by atoms with Crippen molar-refractivity contribution in [2.75, 3.05) is 33.2 Å². The highest BCUT2D eigenvalue weighted by Crippen LogP contribution is 2.40. The predicted octanol–water partition coefficient (Wildman–Crippen LogP) is 0.802. The van der Waals surface area contributed by atoms with Crippen LogP contribution in [0.4, 0.5) is 0 Å². The molecule has 0 unspecified atom stereocenters. The maximum absolute atomic E-state index is 12.0. The first-order valence-corrected chi connectivity index (χ1v) is 6.46. The van der Waals surface area contributed by atoms with E-state index in [1.165, 1.54) is 0 Å². The monoisotopic (exact) mass is 366 g/mol. The number of halogens is 1. The molecule has 18 heavy (non-hydrogen) atoms. The van der Waals surface area contributed by atoms with Crippen LogP contribution in [0.15, 0.2) is 4.99 Å². The summed E-state index contributed by atoms with van der Waals surface area (Å²) in [6.45, 7) is 5.21. The summed E-state index contributed by atoms with van der Waals surface area (Å²) >= 11 is 0. The van der Waals surface area contributed by atoms with E-state index in [0.29, 0.717) is 13.1 Å². The second-order valence-electron chi connectivity index (χ2n) is 4.97. The number of nitrogens with zero attached hydrogens (tertiary/aromatic N) is 2. The van der Waals surface area contributed by atoms with Gasteiger partial charge in [0.1, 0.15) is 0 Å². The van der Waals surface area contributed by atoms with Gasteiger partial charge in [-0.25, -0.2) is 0 Å². The Morgan fingerprint density at radius 3 is 2.67 bits per heavy atom. The number of guanidine groups is 1. The van der Waals surface area contributed by atoms with E-state index in [0.717, 1.165) is 38.3 Å². The largest absolute Gasteiger partial charge is 0.356 e. The maximum atomic E-state index is 12.0. The molecule has 0 aromatic heterocycles. The van der Waals surface area contributed by atoms with E-state index in [-0.39, 0.29) is 35.3 Å². The Labute approximate surface area is 126 Å². The summed E-state index contributed by atoms with van der Waals surface area (Å²) in [5, 5.41) is 6.27. The highest BCUT2D eigenvalue weighted by atomic mass is 127. The zero-order valence-electron chi connectivity index (χ0n) is 11.2. The van der Waals surface area contributed by atoms with Gasteiger partial charge < -0.3 is 15.5 Å². The van der Waals surface area contributed by atoms with Gasteiger partial charge in [0.2, 0.25) is 5.91 Å². The van der Waals surface area contributed by atoms with Crippen LogP contribution < -0.4 is 10.6 Å². The average molecular weight is 366 g/mol. The normalized spacial score (nSPS) is 20.6. The zero-order chi connectivity index (χ0) is 12.3. The molecule has 2 N–H and O–H groups in total. The van der Waals surface area contributed by atoms with Gasteiger partial charge in [-0.2, -0.15) is 0 Å². The molecule has 1 aliphatic heterocycles. The molecule has 0 spiro atoms. The SMILES string of the molecule is CCNC(=O)C1(CNC2=NCCN2C)CCC1.I. The first kappa shape index (κ1) is 15.5. The number of likely N-dealkylation sites (N-methyl/N-ethyl adjacent to an activating group) is 1. The zero-order valence-corrected chi connectivity index (χ0v) is 13.5. The van der Waals surface area contributed by atoms with Gasteiger partial charge in [-0.3, -0.25) is 9.79 Å². The van der Waals surface area contributed by atoms with E-state index in [1.54, 1.807) is 0 Å². The fraction of sp³-hybridized carbons (Fsp3) is 0.833. The average Bonchev–Trinajstić information content (AvgIpc) is 2.63. The first-order chi connectivity index (χ1) is 8.18. The predicted molar refractivity (Wildman–Crippen MR) is 83.3 cm³/mol. The lowest BCUT2D eigenvalue weighted by Crippen LogP contribution is -2.53. The molecule has 0 atom stereocenters. The number of carbonyl (C=O) groups excluding carboxylic acids is 1. The van der Waals surface area contributed by atoms with Gasteiger partial charge in [0, 0.05) is 26.7 Å². The van der Waals surface area contributed by atoms with Crippen LogP contribution in [0.1, 0.15) is 26.2 Å². The lowest BCUT2D eigenvalue weighted by Gasteiger charge is -2.40. The molecule has 2 aliphatic rings. The fourth-order valence-corrected chi connectivity index (χ4v) is 2.41. The minimum atomic E-state index is -0.192. The molecule has 0 aromatic rings. The maximum Gasteiger partial charge on any atom is 0.227 e. The summed E-state index contributed by atoms with van der Waals surface area (Å²) in [6, 6.07) is 0. The third kappa shape index (κ3) is 3.07. The molecule has 1 saturated carbocycles. The highest BCUT2D eigenvalue weighted by Gasteiger charge is 2.43. The van der Waals surface area contributed by atoms with Crippen molar-refractivity contribution < 1.29 is 4.79 Å². The molecule has 1 heterocycles. The minimum Gasteiger partial charge on any atom is -0.356 e. The van der Waals surface area contributed by atoms with Gasteiger partial charge >= 0.3 is 0 Å². The Morgan fingerprint density at radius 1 is 1.50 bits per heavy atom. The Morgan fingerprint density at radius 2 is 2.22 bits per heavy atom. The number of hydrogen-bond acceptors (Lipinski definition) is 4. The van der Waals surface area contributed by atoms with E-state index in [4.69, 9.17) is 0 Å². The number of aliphatic imine (C=N–C) groups is 1. The van der Waals surface area contributed by atoms with E-state index in [1.807, 2.05) is 14.0 Å². The molecule has 0 radical (unpaired) electrons. The summed E-state index contributed by atoms with van der Waals surface area (Å²) in [5.41, 5.74) is -0.192. The van der Waals surface area contributed by atoms with E-state index in [9.17, 15) is 4.79 Å². The van der Waals surface area contributed by atoms with Crippen LogP contribution in [-0.4, -0.2) is 50.0 Å². The van der Waals surface area contributed by atoms with Crippen molar-refractivity contribution in [1.29, 1.82) is 0 Å². The van der Waals surface area contributed by atoms with Crippen molar-refractivity contribution in [3.8, 4) is 0 Å². The highest BCUT2D eigenvalue weighted by molar-refractivity contribution is 14.0. The van der Waals surface area contributed by atoms with Crippen molar-refractivity contribution in [3.05, 3.63) is 0 Å². The molecule has 0 aromatic carbocycles. The second kappa shape index (κ2) is 6.58. The summed E-state index contributed by atoms with van der Waals surface area (Å²) in [5.74, 6) is 1.13. The van der Waals surface area contributed by atoms with Crippen LogP contribution in [-0.2, 0) is 4.79 Å². The molecule has 5 nitrogen and oxygen atoms in total. The summed E-state index contributed by atoms with van der Waals surface area (Å²) < 4.78 is 0. The third-order valence-corrected chi connectivity index (χ3v) is 3.77. The van der Waals surface area contributed by atoms with Gasteiger partial charge in [-0.1, -0.05) is 6.42 Å². The number of nitrogens with one attached hydrogen (secondary N) is 2. The molecule has 1 amide bonds. The molecule has 1 fully saturated rings. The van der Waals surface area contributed by atoms with Crippen molar-refractivity contribution in [2.45, 2.75) is 26.2 Å². The molecule has 1 aliphatic carbocycles. The summed E-state index contributed by atoms with van der Waals surface area (Å²) in [7, 11) is 2.03. The van der Waals surface area contributed by atoms with Crippen LogP contribution in [0.5, 0.6) is 0 Å². The molecule has 0 saturated heterocycles. The Balaban J connectivity index is 0.00000162. The first-order valence-electron chi connectivity index (χ1n) is 6.46. The Hall–Kier alpha value is -0.530. The number of amides is 1. The third-order valence-electron chi connectivity index (χ3n) is 3.77. The summed E-state index contributed by atoms with van der Waals surface area (Å²) in [4.78, 5) is 18.5. The number of rotatable bonds is 4. The fourth-order valence-electron chi connectivity index (χ4n) is 2.41. The Bertz CT molecular complexity index is 328. The lowest BCUT2D eigenvalue weighted by atomic mass is 9.68. The molecule has 0 bridgehead atoms. The van der Waals surface area contributed by atoms with Crippen LogP contribution in [0.25, 0.3) is 0 Å². The van der Waals surface area contributed by atoms with Crippen LogP contribution in [0, 0.1) is 5.41 Å². The molecular weight excluding hydrogens is 343 g/mol. The molecule has 104 valence electrons. The van der Waals surface area contributed by atoms with Crippen LogP contribution in [0.3, 0.4) is 0 Å². The smallest absolute Gasteiger partial charge is 0.227 e. The van der Waals surface area contributed by atoms with Crippen LogP contribution in [0.2, 0.25) is 0 Å². The van der Waals surface area contributed by atoms with Crippen molar-refractivity contribution >= 4 is 35.8 Å². The van der Waals surface area contributed by atoms with E-state index in [2.05, 4.69) is 20.5 Å². The van der Waals surface area contributed by atoms with Gasteiger partial charge in [0.25, 0.3) is 0 Å². The van der Waals surface area contributed by atoms with Crippen molar-refractivity contribution in [3.63, 3.8) is 0 Å². The van der Waals surface area contributed by atoms with E-state index >= 15 is 0 Å². The minimum absolute atomic E-state index is 0. The van der Waals surface area contributed by atoms with Gasteiger partial charge in [0.05, 0.1) is 12.0 Å². The standard InChI is InChI=1S/C12H22N4O.HI/c1-3-13-10(17)12(5-4-6-12)9-15-11-14-7-8-16(11)2;/h3-9H2,1-2H3,(H,13,17)(H,14,15);1H. The van der Waals surface area contributed by atoms with E-state index < -0.39 is 0 Å². The van der Waals surface area contributed by atoms with Gasteiger partial charge in [-0.05, 0) is 19.8 Å². The second-order valence-corrected chi connectivity index (χ2v) is 4.97. The Kier molecular flexibility index (Phi) is 5.68. The number of hydrogen-bond donors (Lipinski definition) is 2. The van der Waals surface area contributed by atoms with Gasteiger partial charge in [-0.15, -0.1) is 24.0 Å². The number of carbonyl (C=O) groups is 1. The van der Waals surface area contributed by atoms with Gasteiger partial charge in [0.15, 0.2) is 5.96 Å². The van der Waals surface area contributed by atoms with Crippen LogP contribution >= 0.6 is 24.0 Å². The molecular formula is C12H23IN4O. The lowest BCUT2D eigenvalue weighted by molar-refractivity contribution is -0.135. The summed E-state index contributed by atoms with van der Waals surface area (Å²) in [6.07, 6.45) is 3.13. The molecule has 6 heteroatoms. The van der Waals surface area contributed by atoms with Crippen molar-refractivity contribution in [1.82, 2.24) is 15.5 Å². The topological polar surface area (TPSA) is 56.7 Å². The quantitative estimate of drug-likeness (QED) is 0.724. The molecule has 2 rings (SSSR count).